The predicted molar refractivity (Wildman–Crippen MR) is 28.7 cm³/mol. The van der Waals surface area contributed by atoms with Crippen LogP contribution in [0.25, 0.3) is 5.95 Å². The van der Waals surface area contributed by atoms with Gasteiger partial charge in [0, 0.05) is 0 Å². The Morgan fingerprint density at radius 2 is 2.55 bits per heavy atom. The molecule has 0 amide bonds. The van der Waals surface area contributed by atoms with Gasteiger partial charge in [-0.05, 0) is 15.6 Å². The fraction of sp³-hybridized carbons (Fsp3) is 0. The second-order valence-corrected chi connectivity index (χ2v) is 1.61. The third-order valence-corrected chi connectivity index (χ3v) is 0.943. The minimum absolute atomic E-state index is 0.0972. The summed E-state index contributed by atoms with van der Waals surface area (Å²) < 4.78 is 5.24. The van der Waals surface area contributed by atoms with Crippen molar-refractivity contribution in [1.82, 2.24) is 30.3 Å². The van der Waals surface area contributed by atoms with Gasteiger partial charge in [0.1, 0.15) is 0 Å². The van der Waals surface area contributed by atoms with E-state index < -0.39 is 5.76 Å². The van der Waals surface area contributed by atoms with Crippen molar-refractivity contribution in [3.63, 3.8) is 0 Å². The molecule has 0 unspecified atom stereocenters. The highest BCUT2D eigenvalue weighted by Crippen LogP contribution is 1.87. The van der Waals surface area contributed by atoms with E-state index in [0.29, 0.717) is 0 Å². The highest BCUT2D eigenvalue weighted by Gasteiger charge is 2.03. The van der Waals surface area contributed by atoms with Crippen LogP contribution in [0.2, 0.25) is 0 Å². The first-order valence-electron chi connectivity index (χ1n) is 2.59. The van der Waals surface area contributed by atoms with Gasteiger partial charge >= 0.3 is 5.76 Å². The van der Waals surface area contributed by atoms with E-state index in [9.17, 15) is 4.79 Å². The summed E-state index contributed by atoms with van der Waals surface area (Å²) in [7, 11) is 0. The van der Waals surface area contributed by atoms with Gasteiger partial charge in [0.25, 0.3) is 5.95 Å². The monoisotopic (exact) mass is 153 g/mol. The molecule has 8 heteroatoms. The number of hydrogen-bond acceptors (Lipinski definition) is 6. The summed E-state index contributed by atoms with van der Waals surface area (Å²) in [6.07, 6.45) is 2.32. The number of aromatic amines is 1. The Balaban J connectivity index is 2.53. The molecule has 0 aliphatic carbocycles. The Bertz CT molecular complexity index is 384. The van der Waals surface area contributed by atoms with Gasteiger partial charge < -0.3 is 0 Å². The van der Waals surface area contributed by atoms with Gasteiger partial charge in [-0.1, -0.05) is 0 Å². The SMILES string of the molecule is O=c1[nH]c(-n2[c]nnn2)no1. The quantitative estimate of drug-likeness (QED) is 0.515. The lowest BCUT2D eigenvalue weighted by Crippen LogP contribution is -2.01. The smallest absolute Gasteiger partial charge is 0.294 e. The van der Waals surface area contributed by atoms with Crippen molar-refractivity contribution >= 4 is 0 Å². The molecule has 2 aromatic heterocycles. The zero-order valence-electron chi connectivity index (χ0n) is 5.05. The lowest BCUT2D eigenvalue weighted by molar-refractivity contribution is 0.383. The highest BCUT2D eigenvalue weighted by atomic mass is 16.5. The van der Waals surface area contributed by atoms with Crippen molar-refractivity contribution in [3.05, 3.63) is 16.9 Å². The van der Waals surface area contributed by atoms with Crippen molar-refractivity contribution in [2.45, 2.75) is 0 Å². The third kappa shape index (κ3) is 0.892. The maximum Gasteiger partial charge on any atom is 0.440 e. The van der Waals surface area contributed by atoms with Crippen LogP contribution in [0, 0.1) is 6.33 Å². The molecule has 0 bridgehead atoms. The van der Waals surface area contributed by atoms with Gasteiger partial charge in [-0.25, -0.2) is 4.79 Å². The summed E-state index contributed by atoms with van der Waals surface area (Å²) >= 11 is 0. The van der Waals surface area contributed by atoms with Crippen LogP contribution in [0.15, 0.2) is 9.32 Å². The molecule has 0 fully saturated rings. The summed E-state index contributed by atoms with van der Waals surface area (Å²) in [6.45, 7) is 0. The summed E-state index contributed by atoms with van der Waals surface area (Å²) in [5.41, 5.74) is 0. The lowest BCUT2D eigenvalue weighted by atomic mass is 11.0. The van der Waals surface area contributed by atoms with Gasteiger partial charge in [0.05, 0.1) is 0 Å². The van der Waals surface area contributed by atoms with E-state index in [-0.39, 0.29) is 5.95 Å². The molecule has 2 rings (SSSR count). The van der Waals surface area contributed by atoms with E-state index in [4.69, 9.17) is 0 Å². The molecule has 1 N–H and O–H groups in total. The fourth-order valence-electron chi connectivity index (χ4n) is 0.545. The molecule has 1 radical (unpaired) electrons. The Morgan fingerprint density at radius 3 is 3.09 bits per heavy atom. The van der Waals surface area contributed by atoms with Crippen LogP contribution in [0.1, 0.15) is 0 Å². The molecule has 0 saturated carbocycles. The molecule has 0 aromatic carbocycles. The Hall–Kier alpha value is -1.99. The van der Waals surface area contributed by atoms with Crippen molar-refractivity contribution in [3.8, 4) is 5.95 Å². The molecular formula is C3HN6O2. The van der Waals surface area contributed by atoms with E-state index in [1.807, 2.05) is 0 Å². The maximum atomic E-state index is 10.4. The minimum Gasteiger partial charge on any atom is -0.294 e. The number of rotatable bonds is 1. The Kier molecular flexibility index (Phi) is 1.05. The first-order chi connectivity index (χ1) is 5.36. The van der Waals surface area contributed by atoms with E-state index in [1.54, 1.807) is 0 Å². The van der Waals surface area contributed by atoms with Gasteiger partial charge in [-0.2, -0.15) is 4.68 Å². The van der Waals surface area contributed by atoms with Crippen LogP contribution in [-0.2, 0) is 0 Å². The van der Waals surface area contributed by atoms with Gasteiger partial charge in [0.2, 0.25) is 6.33 Å². The predicted octanol–water partition coefficient (Wildman–Crippen LogP) is -1.86. The van der Waals surface area contributed by atoms with Crippen LogP contribution in [0.5, 0.6) is 0 Å². The van der Waals surface area contributed by atoms with Crippen molar-refractivity contribution in [1.29, 1.82) is 0 Å². The topological polar surface area (TPSA) is 102 Å². The van der Waals surface area contributed by atoms with Crippen LogP contribution in [0.3, 0.4) is 0 Å². The average molecular weight is 153 g/mol. The molecule has 0 aliphatic rings. The first-order valence-corrected chi connectivity index (χ1v) is 2.59. The lowest BCUT2D eigenvalue weighted by Gasteiger charge is -1.82. The van der Waals surface area contributed by atoms with E-state index >= 15 is 0 Å². The molecule has 0 atom stereocenters. The van der Waals surface area contributed by atoms with Crippen molar-refractivity contribution in [2.75, 3.05) is 0 Å². The molecule has 2 aromatic rings. The molecule has 11 heavy (non-hydrogen) atoms. The van der Waals surface area contributed by atoms with E-state index in [2.05, 4.69) is 36.5 Å². The zero-order valence-corrected chi connectivity index (χ0v) is 5.05. The summed E-state index contributed by atoms with van der Waals surface area (Å²) in [6, 6.07) is 0. The Labute approximate surface area is 58.8 Å². The molecule has 0 spiro atoms. The molecule has 8 nitrogen and oxygen atoms in total. The fourth-order valence-corrected chi connectivity index (χ4v) is 0.545. The van der Waals surface area contributed by atoms with E-state index in [1.165, 1.54) is 0 Å². The highest BCUT2D eigenvalue weighted by molar-refractivity contribution is 4.98. The second kappa shape index (κ2) is 2.01. The molecule has 55 valence electrons. The maximum absolute atomic E-state index is 10.4. The number of aromatic nitrogens is 6. The normalized spacial score (nSPS) is 10.2. The molecule has 0 saturated heterocycles. The first kappa shape index (κ1) is 5.77. The molecular weight excluding hydrogens is 152 g/mol. The Morgan fingerprint density at radius 1 is 1.64 bits per heavy atom. The van der Waals surface area contributed by atoms with Crippen LogP contribution >= 0.6 is 0 Å². The zero-order chi connectivity index (χ0) is 7.68. The molecule has 2 heterocycles. The summed E-state index contributed by atoms with van der Waals surface area (Å²) in [5.74, 6) is -0.566. The van der Waals surface area contributed by atoms with Crippen LogP contribution in [-0.4, -0.2) is 30.3 Å². The van der Waals surface area contributed by atoms with Crippen LogP contribution < -0.4 is 5.76 Å². The number of nitrogens with zero attached hydrogens (tertiary/aromatic N) is 5. The summed E-state index contributed by atoms with van der Waals surface area (Å²) in [4.78, 5) is 12.6. The third-order valence-electron chi connectivity index (χ3n) is 0.943. The number of hydrogen-bond donors (Lipinski definition) is 1. The largest absolute Gasteiger partial charge is 0.440 e. The van der Waals surface area contributed by atoms with Crippen molar-refractivity contribution < 1.29 is 4.52 Å². The molecule has 0 aliphatic heterocycles. The average Bonchev–Trinajstić information content (AvgIpc) is 2.55. The van der Waals surface area contributed by atoms with Crippen molar-refractivity contribution in [2.24, 2.45) is 0 Å². The van der Waals surface area contributed by atoms with Crippen LogP contribution in [0.4, 0.5) is 0 Å². The minimum atomic E-state index is -0.663. The number of nitrogens with one attached hydrogen (secondary N) is 1. The van der Waals surface area contributed by atoms with Gasteiger partial charge in [-0.3, -0.25) is 9.51 Å². The van der Waals surface area contributed by atoms with Gasteiger partial charge in [0.15, 0.2) is 0 Å². The standard InChI is InChI=1S/C3HN6O2/c10-3-5-2(6-11-3)9-1-4-7-8-9/h(H,5,6,10). The number of H-pyrrole nitrogens is 1. The van der Waals surface area contributed by atoms with Gasteiger partial charge in [-0.15, -0.1) is 5.10 Å². The summed E-state index contributed by atoms with van der Waals surface area (Å²) in [5, 5.41) is 13.2. The van der Waals surface area contributed by atoms with E-state index in [0.717, 1.165) is 4.68 Å². The second-order valence-electron chi connectivity index (χ2n) is 1.61. The number of tetrazole rings is 1.